The summed E-state index contributed by atoms with van der Waals surface area (Å²) in [4.78, 5) is 20.3. The Balaban J connectivity index is 1.25. The minimum absolute atomic E-state index is 0.267. The Morgan fingerprint density at radius 1 is 1.10 bits per heavy atom. The SMILES string of the molecule is CC(=O)OCCOc1ccc(CN2CCN(c3nc4ccc(Cl)cc4s3)CC2)cc1. The van der Waals surface area contributed by atoms with Crippen molar-refractivity contribution in [2.75, 3.05) is 44.3 Å². The zero-order valence-corrected chi connectivity index (χ0v) is 18.4. The summed E-state index contributed by atoms with van der Waals surface area (Å²) in [6, 6.07) is 14.0. The number of esters is 1. The molecule has 0 atom stereocenters. The van der Waals surface area contributed by atoms with Crippen molar-refractivity contribution < 1.29 is 14.3 Å². The Morgan fingerprint density at radius 3 is 2.60 bits per heavy atom. The maximum atomic E-state index is 10.7. The molecule has 0 unspecified atom stereocenters. The van der Waals surface area contributed by atoms with Crippen molar-refractivity contribution in [3.8, 4) is 5.75 Å². The van der Waals surface area contributed by atoms with Crippen LogP contribution in [0.4, 0.5) is 5.13 Å². The molecule has 4 rings (SSSR count). The molecule has 1 aromatic heterocycles. The summed E-state index contributed by atoms with van der Waals surface area (Å²) in [6.45, 7) is 6.85. The van der Waals surface area contributed by atoms with Crippen LogP contribution in [0, 0.1) is 0 Å². The molecular formula is C22H24ClN3O3S. The molecule has 3 aromatic rings. The molecule has 0 amide bonds. The van der Waals surface area contributed by atoms with Crippen LogP contribution in [0.15, 0.2) is 42.5 Å². The highest BCUT2D eigenvalue weighted by Gasteiger charge is 2.20. The molecule has 8 heteroatoms. The summed E-state index contributed by atoms with van der Waals surface area (Å²) >= 11 is 7.80. The number of ether oxygens (including phenoxy) is 2. The van der Waals surface area contributed by atoms with E-state index in [0.29, 0.717) is 6.61 Å². The van der Waals surface area contributed by atoms with Gasteiger partial charge >= 0.3 is 5.97 Å². The van der Waals surface area contributed by atoms with Gasteiger partial charge in [-0.3, -0.25) is 9.69 Å². The minimum Gasteiger partial charge on any atom is -0.490 e. The van der Waals surface area contributed by atoms with Crippen molar-refractivity contribution in [2.24, 2.45) is 0 Å². The van der Waals surface area contributed by atoms with Crippen LogP contribution >= 0.6 is 22.9 Å². The third-order valence-corrected chi connectivity index (χ3v) is 6.28. The largest absolute Gasteiger partial charge is 0.490 e. The minimum atomic E-state index is -0.290. The van der Waals surface area contributed by atoms with E-state index in [-0.39, 0.29) is 12.6 Å². The van der Waals surface area contributed by atoms with Gasteiger partial charge in [0, 0.05) is 44.7 Å². The van der Waals surface area contributed by atoms with Crippen LogP contribution in [0.25, 0.3) is 10.2 Å². The Labute approximate surface area is 185 Å². The summed E-state index contributed by atoms with van der Waals surface area (Å²) in [7, 11) is 0. The predicted octanol–water partition coefficient (Wildman–Crippen LogP) is 4.21. The maximum absolute atomic E-state index is 10.7. The van der Waals surface area contributed by atoms with Gasteiger partial charge < -0.3 is 14.4 Å². The van der Waals surface area contributed by atoms with Crippen LogP contribution in [-0.2, 0) is 16.1 Å². The second-order valence-corrected chi connectivity index (χ2v) is 8.65. The monoisotopic (exact) mass is 445 g/mol. The third-order valence-electron chi connectivity index (χ3n) is 4.97. The molecule has 1 fully saturated rings. The van der Waals surface area contributed by atoms with Crippen molar-refractivity contribution in [1.29, 1.82) is 0 Å². The number of anilines is 1. The smallest absolute Gasteiger partial charge is 0.302 e. The van der Waals surface area contributed by atoms with Gasteiger partial charge in [0.2, 0.25) is 0 Å². The molecule has 0 spiro atoms. The zero-order valence-electron chi connectivity index (χ0n) is 16.8. The number of hydrogen-bond acceptors (Lipinski definition) is 7. The highest BCUT2D eigenvalue weighted by molar-refractivity contribution is 7.22. The first-order valence-electron chi connectivity index (χ1n) is 9.95. The van der Waals surface area contributed by atoms with Crippen LogP contribution in [-0.4, -0.2) is 55.2 Å². The number of halogens is 1. The van der Waals surface area contributed by atoms with E-state index < -0.39 is 0 Å². The summed E-state index contributed by atoms with van der Waals surface area (Å²) < 4.78 is 11.6. The first-order valence-corrected chi connectivity index (χ1v) is 11.1. The molecule has 6 nitrogen and oxygen atoms in total. The molecule has 0 N–H and O–H groups in total. The molecule has 2 heterocycles. The number of rotatable bonds is 7. The summed E-state index contributed by atoms with van der Waals surface area (Å²) in [5.41, 5.74) is 2.27. The van der Waals surface area contributed by atoms with Crippen LogP contribution in [0.1, 0.15) is 12.5 Å². The molecule has 0 aliphatic carbocycles. The van der Waals surface area contributed by atoms with Crippen molar-refractivity contribution >= 4 is 44.3 Å². The fourth-order valence-electron chi connectivity index (χ4n) is 3.41. The second-order valence-electron chi connectivity index (χ2n) is 7.20. The summed E-state index contributed by atoms with van der Waals surface area (Å²) in [5.74, 6) is 0.494. The molecule has 0 saturated carbocycles. The maximum Gasteiger partial charge on any atom is 0.302 e. The number of benzene rings is 2. The average molecular weight is 446 g/mol. The van der Waals surface area contributed by atoms with Gasteiger partial charge in [-0.05, 0) is 35.9 Å². The van der Waals surface area contributed by atoms with Gasteiger partial charge in [0.1, 0.15) is 19.0 Å². The standard InChI is InChI=1S/C22H24ClN3O3S/c1-16(27)28-12-13-29-19-5-2-17(3-6-19)15-25-8-10-26(11-9-25)22-24-20-7-4-18(23)14-21(20)30-22/h2-7,14H,8-13,15H2,1H3. The molecule has 1 saturated heterocycles. The van der Waals surface area contributed by atoms with E-state index in [1.54, 1.807) is 11.3 Å². The number of nitrogens with zero attached hydrogens (tertiary/aromatic N) is 3. The molecule has 30 heavy (non-hydrogen) atoms. The third kappa shape index (κ3) is 5.41. The van der Waals surface area contributed by atoms with E-state index in [9.17, 15) is 4.79 Å². The fraction of sp³-hybridized carbons (Fsp3) is 0.364. The van der Waals surface area contributed by atoms with Crippen molar-refractivity contribution in [2.45, 2.75) is 13.5 Å². The quantitative estimate of drug-likeness (QED) is 0.401. The number of carbonyl (C=O) groups is 1. The Kier molecular flexibility index (Phi) is 6.72. The highest BCUT2D eigenvalue weighted by atomic mass is 35.5. The number of hydrogen-bond donors (Lipinski definition) is 0. The molecule has 1 aliphatic heterocycles. The van der Waals surface area contributed by atoms with Gasteiger partial charge in [0.15, 0.2) is 5.13 Å². The normalized spacial score (nSPS) is 14.8. The number of aromatic nitrogens is 1. The van der Waals surface area contributed by atoms with E-state index in [1.165, 1.54) is 12.5 Å². The predicted molar refractivity (Wildman–Crippen MR) is 121 cm³/mol. The van der Waals surface area contributed by atoms with Crippen LogP contribution < -0.4 is 9.64 Å². The van der Waals surface area contributed by atoms with E-state index in [2.05, 4.69) is 21.9 Å². The Hall–Kier alpha value is -2.35. The van der Waals surface area contributed by atoms with Crippen LogP contribution in [0.5, 0.6) is 5.75 Å². The molecule has 1 aliphatic rings. The average Bonchev–Trinajstić information content (AvgIpc) is 3.16. The topological polar surface area (TPSA) is 54.9 Å². The molecular weight excluding hydrogens is 422 g/mol. The van der Waals surface area contributed by atoms with E-state index in [0.717, 1.165) is 58.8 Å². The lowest BCUT2D eigenvalue weighted by Crippen LogP contribution is -2.45. The van der Waals surface area contributed by atoms with Crippen LogP contribution in [0.2, 0.25) is 5.02 Å². The molecule has 0 radical (unpaired) electrons. The van der Waals surface area contributed by atoms with Crippen molar-refractivity contribution in [3.05, 3.63) is 53.1 Å². The van der Waals surface area contributed by atoms with Crippen LogP contribution in [0.3, 0.4) is 0 Å². The molecule has 158 valence electrons. The highest BCUT2D eigenvalue weighted by Crippen LogP contribution is 2.31. The number of piperazine rings is 1. The second kappa shape index (κ2) is 9.64. The van der Waals surface area contributed by atoms with E-state index >= 15 is 0 Å². The van der Waals surface area contributed by atoms with Gasteiger partial charge in [-0.15, -0.1) is 0 Å². The van der Waals surface area contributed by atoms with Gasteiger partial charge in [-0.25, -0.2) is 4.98 Å². The number of fused-ring (bicyclic) bond motifs is 1. The van der Waals surface area contributed by atoms with E-state index in [1.807, 2.05) is 30.3 Å². The summed E-state index contributed by atoms with van der Waals surface area (Å²) in [6.07, 6.45) is 0. The first kappa shape index (κ1) is 20.9. The number of thiazole rings is 1. The zero-order chi connectivity index (χ0) is 20.9. The molecule has 0 bridgehead atoms. The van der Waals surface area contributed by atoms with Crippen molar-refractivity contribution in [3.63, 3.8) is 0 Å². The van der Waals surface area contributed by atoms with E-state index in [4.69, 9.17) is 26.1 Å². The van der Waals surface area contributed by atoms with Gasteiger partial charge in [0.25, 0.3) is 0 Å². The van der Waals surface area contributed by atoms with Gasteiger partial charge in [-0.1, -0.05) is 35.1 Å². The lowest BCUT2D eigenvalue weighted by atomic mass is 10.2. The number of carbonyl (C=O) groups excluding carboxylic acids is 1. The first-order chi connectivity index (χ1) is 14.6. The molecule has 2 aromatic carbocycles. The van der Waals surface area contributed by atoms with Gasteiger partial charge in [0.05, 0.1) is 10.2 Å². The lowest BCUT2D eigenvalue weighted by molar-refractivity contribution is -0.141. The Morgan fingerprint density at radius 2 is 1.87 bits per heavy atom. The lowest BCUT2D eigenvalue weighted by Gasteiger charge is -2.34. The fourth-order valence-corrected chi connectivity index (χ4v) is 4.71. The Bertz CT molecular complexity index is 1000. The van der Waals surface area contributed by atoms with Crippen molar-refractivity contribution in [1.82, 2.24) is 9.88 Å². The van der Waals surface area contributed by atoms with Gasteiger partial charge in [-0.2, -0.15) is 0 Å². The summed E-state index contributed by atoms with van der Waals surface area (Å²) in [5, 5.41) is 1.82.